The average molecular weight is 238 g/mol. The van der Waals surface area contributed by atoms with Crippen LogP contribution in [-0.2, 0) is 12.1 Å². The Labute approximate surface area is 97.3 Å². The van der Waals surface area contributed by atoms with Crippen LogP contribution in [0.4, 0.5) is 5.13 Å². The summed E-state index contributed by atoms with van der Waals surface area (Å²) in [5.41, 5.74) is 12.6. The van der Waals surface area contributed by atoms with E-state index in [1.807, 2.05) is 25.4 Å². The molecule has 2 aromatic rings. The standard InChI is InChI=1S/C9H14N6S/c1-9(2,11)7-4-15(14-13-7)3-6-5-16-8(10)12-6/h4-5H,3,11H2,1-2H3,(H2,10,12). The molecule has 0 aliphatic carbocycles. The minimum atomic E-state index is -0.473. The molecule has 0 saturated carbocycles. The van der Waals surface area contributed by atoms with Crippen LogP contribution in [0.15, 0.2) is 11.6 Å². The molecule has 0 saturated heterocycles. The number of nitrogens with two attached hydrogens (primary N) is 2. The van der Waals surface area contributed by atoms with E-state index >= 15 is 0 Å². The zero-order valence-electron chi connectivity index (χ0n) is 9.21. The third-order valence-electron chi connectivity index (χ3n) is 2.09. The lowest BCUT2D eigenvalue weighted by Crippen LogP contribution is -2.29. The van der Waals surface area contributed by atoms with Crippen molar-refractivity contribution in [1.29, 1.82) is 0 Å². The largest absolute Gasteiger partial charge is 0.375 e. The van der Waals surface area contributed by atoms with Gasteiger partial charge in [-0.05, 0) is 13.8 Å². The molecule has 0 spiro atoms. The van der Waals surface area contributed by atoms with Gasteiger partial charge in [0, 0.05) is 5.38 Å². The van der Waals surface area contributed by atoms with Gasteiger partial charge in [-0.2, -0.15) is 0 Å². The van der Waals surface area contributed by atoms with Crippen LogP contribution >= 0.6 is 11.3 Å². The second-order valence-electron chi connectivity index (χ2n) is 4.20. The van der Waals surface area contributed by atoms with E-state index in [4.69, 9.17) is 11.5 Å². The molecule has 4 N–H and O–H groups in total. The summed E-state index contributed by atoms with van der Waals surface area (Å²) in [6.07, 6.45) is 1.83. The lowest BCUT2D eigenvalue weighted by Gasteiger charge is -2.13. The fourth-order valence-electron chi connectivity index (χ4n) is 1.23. The predicted octanol–water partition coefficient (Wildman–Crippen LogP) is 0.559. The van der Waals surface area contributed by atoms with Crippen molar-refractivity contribution in [3.8, 4) is 0 Å². The van der Waals surface area contributed by atoms with Gasteiger partial charge in [0.05, 0.1) is 24.0 Å². The molecule has 0 unspecified atom stereocenters. The maximum Gasteiger partial charge on any atom is 0.180 e. The maximum absolute atomic E-state index is 5.92. The van der Waals surface area contributed by atoms with Gasteiger partial charge < -0.3 is 11.5 Å². The van der Waals surface area contributed by atoms with Gasteiger partial charge in [-0.1, -0.05) is 5.21 Å². The van der Waals surface area contributed by atoms with Gasteiger partial charge in [0.1, 0.15) is 5.69 Å². The Morgan fingerprint density at radius 2 is 2.25 bits per heavy atom. The SMILES string of the molecule is CC(C)(N)c1cn(Cc2csc(N)n2)nn1. The lowest BCUT2D eigenvalue weighted by atomic mass is 10.0. The molecule has 2 aromatic heterocycles. The number of aromatic nitrogens is 4. The fraction of sp³-hybridized carbons (Fsp3) is 0.444. The van der Waals surface area contributed by atoms with Crippen molar-refractivity contribution < 1.29 is 0 Å². The van der Waals surface area contributed by atoms with E-state index in [1.165, 1.54) is 11.3 Å². The number of thiazole rings is 1. The minimum Gasteiger partial charge on any atom is -0.375 e. The van der Waals surface area contributed by atoms with Gasteiger partial charge in [-0.15, -0.1) is 16.4 Å². The highest BCUT2D eigenvalue weighted by Crippen LogP contribution is 2.15. The van der Waals surface area contributed by atoms with Crippen LogP contribution < -0.4 is 11.5 Å². The molecule has 6 nitrogen and oxygen atoms in total. The van der Waals surface area contributed by atoms with Gasteiger partial charge in [0.2, 0.25) is 0 Å². The van der Waals surface area contributed by atoms with E-state index < -0.39 is 5.54 Å². The Hall–Kier alpha value is -1.47. The molecule has 0 aromatic carbocycles. The number of anilines is 1. The lowest BCUT2D eigenvalue weighted by molar-refractivity contribution is 0.533. The van der Waals surface area contributed by atoms with Gasteiger partial charge in [-0.3, -0.25) is 0 Å². The van der Waals surface area contributed by atoms with E-state index in [2.05, 4.69) is 15.3 Å². The molecule has 86 valence electrons. The van der Waals surface area contributed by atoms with Crippen LogP contribution in [0, 0.1) is 0 Å². The van der Waals surface area contributed by atoms with E-state index in [1.54, 1.807) is 4.68 Å². The first-order valence-corrected chi connectivity index (χ1v) is 5.72. The average Bonchev–Trinajstić information content (AvgIpc) is 2.74. The monoisotopic (exact) mass is 238 g/mol. The molecule has 7 heteroatoms. The third-order valence-corrected chi connectivity index (χ3v) is 2.82. The molecule has 0 radical (unpaired) electrons. The number of rotatable bonds is 3. The Balaban J connectivity index is 2.14. The van der Waals surface area contributed by atoms with Crippen molar-refractivity contribution in [2.75, 3.05) is 5.73 Å². The highest BCUT2D eigenvalue weighted by atomic mass is 32.1. The smallest absolute Gasteiger partial charge is 0.180 e. The Morgan fingerprint density at radius 3 is 2.75 bits per heavy atom. The summed E-state index contributed by atoms with van der Waals surface area (Å²) < 4.78 is 1.71. The zero-order valence-corrected chi connectivity index (χ0v) is 10.0. The van der Waals surface area contributed by atoms with Crippen LogP contribution in [0.3, 0.4) is 0 Å². The zero-order chi connectivity index (χ0) is 11.8. The van der Waals surface area contributed by atoms with Gasteiger partial charge in [-0.25, -0.2) is 9.67 Å². The van der Waals surface area contributed by atoms with Crippen LogP contribution in [0.1, 0.15) is 25.2 Å². The number of nitrogens with zero attached hydrogens (tertiary/aromatic N) is 4. The van der Waals surface area contributed by atoms with Crippen LogP contribution in [0.2, 0.25) is 0 Å². The highest BCUT2D eigenvalue weighted by molar-refractivity contribution is 7.13. The van der Waals surface area contributed by atoms with Crippen LogP contribution in [0.5, 0.6) is 0 Å². The quantitative estimate of drug-likeness (QED) is 0.814. The topological polar surface area (TPSA) is 95.6 Å². The fourth-order valence-corrected chi connectivity index (χ4v) is 1.79. The minimum absolute atomic E-state index is 0.473. The van der Waals surface area contributed by atoms with Crippen molar-refractivity contribution >= 4 is 16.5 Å². The van der Waals surface area contributed by atoms with Crippen molar-refractivity contribution in [3.05, 3.63) is 23.0 Å². The number of hydrogen-bond acceptors (Lipinski definition) is 6. The van der Waals surface area contributed by atoms with Crippen LogP contribution in [-0.4, -0.2) is 20.0 Å². The Kier molecular flexibility index (Phi) is 2.64. The summed E-state index contributed by atoms with van der Waals surface area (Å²) in [4.78, 5) is 4.15. The molecule has 0 aliphatic heterocycles. The van der Waals surface area contributed by atoms with E-state index in [9.17, 15) is 0 Å². The van der Waals surface area contributed by atoms with Crippen molar-refractivity contribution in [2.45, 2.75) is 25.9 Å². The van der Waals surface area contributed by atoms with E-state index in [0.717, 1.165) is 11.4 Å². The summed E-state index contributed by atoms with van der Waals surface area (Å²) in [6, 6.07) is 0. The first-order chi connectivity index (χ1) is 7.45. The normalized spacial score (nSPS) is 11.9. The molecular weight excluding hydrogens is 224 g/mol. The van der Waals surface area contributed by atoms with Crippen molar-refractivity contribution in [3.63, 3.8) is 0 Å². The molecule has 2 heterocycles. The Morgan fingerprint density at radius 1 is 1.50 bits per heavy atom. The van der Waals surface area contributed by atoms with E-state index in [-0.39, 0.29) is 0 Å². The Bertz CT molecular complexity index is 480. The first-order valence-electron chi connectivity index (χ1n) is 4.84. The number of nitrogen functional groups attached to an aromatic ring is 1. The summed E-state index contributed by atoms with van der Waals surface area (Å²) in [7, 11) is 0. The summed E-state index contributed by atoms with van der Waals surface area (Å²) in [6.45, 7) is 4.35. The first kappa shape index (κ1) is 11.0. The molecule has 0 fully saturated rings. The molecule has 16 heavy (non-hydrogen) atoms. The molecule has 2 rings (SSSR count). The third kappa shape index (κ3) is 2.37. The molecule has 0 aliphatic rings. The number of hydrogen-bond donors (Lipinski definition) is 2. The summed E-state index contributed by atoms with van der Waals surface area (Å²) in [5.74, 6) is 0. The predicted molar refractivity (Wildman–Crippen MR) is 62.9 cm³/mol. The summed E-state index contributed by atoms with van der Waals surface area (Å²) in [5, 5.41) is 10.5. The molecule has 0 atom stereocenters. The van der Waals surface area contributed by atoms with Crippen LogP contribution in [0.25, 0.3) is 0 Å². The second kappa shape index (κ2) is 3.84. The highest BCUT2D eigenvalue weighted by Gasteiger charge is 2.18. The molecular formula is C9H14N6S. The maximum atomic E-state index is 5.92. The molecule has 0 amide bonds. The second-order valence-corrected chi connectivity index (χ2v) is 5.09. The van der Waals surface area contributed by atoms with E-state index in [0.29, 0.717) is 11.7 Å². The molecule has 0 bridgehead atoms. The van der Waals surface area contributed by atoms with Crippen molar-refractivity contribution in [2.24, 2.45) is 5.73 Å². The van der Waals surface area contributed by atoms with Gasteiger partial charge >= 0.3 is 0 Å². The van der Waals surface area contributed by atoms with Gasteiger partial charge in [0.25, 0.3) is 0 Å². The summed E-state index contributed by atoms with van der Waals surface area (Å²) >= 11 is 1.42. The van der Waals surface area contributed by atoms with Crippen molar-refractivity contribution in [1.82, 2.24) is 20.0 Å². The van der Waals surface area contributed by atoms with Gasteiger partial charge in [0.15, 0.2) is 5.13 Å².